The molecule has 0 aliphatic carbocycles. The molecule has 0 saturated carbocycles. The topological polar surface area (TPSA) is 33.7 Å². The predicted octanol–water partition coefficient (Wildman–Crippen LogP) is 0.332. The minimum Gasteiger partial charge on any atom is -0.382 e. The van der Waals surface area contributed by atoms with Gasteiger partial charge in [-0.15, -0.1) is 0 Å². The fraction of sp³-hybridized carbons (Fsp3) is 1.00. The van der Waals surface area contributed by atoms with Crippen LogP contribution in [0.1, 0.15) is 13.8 Å². The number of hydrogen-bond donors (Lipinski definition) is 1. The summed E-state index contributed by atoms with van der Waals surface area (Å²) in [7, 11) is 1.70. The van der Waals surface area contributed by atoms with Crippen molar-refractivity contribution in [3.05, 3.63) is 0 Å². The molecule has 15 heavy (non-hydrogen) atoms. The molecule has 1 rings (SSSR count). The molecule has 90 valence electrons. The summed E-state index contributed by atoms with van der Waals surface area (Å²) in [4.78, 5) is 2.46. The lowest BCUT2D eigenvalue weighted by Gasteiger charge is -2.35. The van der Waals surface area contributed by atoms with Crippen LogP contribution >= 0.6 is 0 Å². The SMILES string of the molecule is COCCOCCN1CC(C)NC(C)C1. The number of piperazine rings is 1. The Morgan fingerprint density at radius 3 is 2.40 bits per heavy atom. The summed E-state index contributed by atoms with van der Waals surface area (Å²) in [6.07, 6.45) is 0. The number of hydrogen-bond acceptors (Lipinski definition) is 4. The molecule has 0 radical (unpaired) electrons. The lowest BCUT2D eigenvalue weighted by molar-refractivity contribution is 0.0496. The highest BCUT2D eigenvalue weighted by molar-refractivity contribution is 4.80. The van der Waals surface area contributed by atoms with E-state index in [1.54, 1.807) is 7.11 Å². The van der Waals surface area contributed by atoms with Gasteiger partial charge in [0.05, 0.1) is 19.8 Å². The Morgan fingerprint density at radius 2 is 1.80 bits per heavy atom. The number of ether oxygens (including phenoxy) is 2. The zero-order valence-corrected chi connectivity index (χ0v) is 10.2. The molecule has 1 aliphatic rings. The predicted molar refractivity (Wildman–Crippen MR) is 61.2 cm³/mol. The van der Waals surface area contributed by atoms with E-state index in [0.29, 0.717) is 25.3 Å². The van der Waals surface area contributed by atoms with Gasteiger partial charge in [-0.1, -0.05) is 0 Å². The average Bonchev–Trinajstić information content (AvgIpc) is 2.16. The molecule has 2 unspecified atom stereocenters. The minimum atomic E-state index is 0.590. The highest BCUT2D eigenvalue weighted by Gasteiger charge is 2.19. The number of nitrogens with zero attached hydrogens (tertiary/aromatic N) is 1. The van der Waals surface area contributed by atoms with Crippen molar-refractivity contribution >= 4 is 0 Å². The smallest absolute Gasteiger partial charge is 0.0700 e. The van der Waals surface area contributed by atoms with E-state index in [1.807, 2.05) is 0 Å². The van der Waals surface area contributed by atoms with Gasteiger partial charge in [-0.05, 0) is 13.8 Å². The second-order valence-corrected chi connectivity index (χ2v) is 4.33. The molecule has 1 N–H and O–H groups in total. The first-order chi connectivity index (χ1) is 7.22. The van der Waals surface area contributed by atoms with Crippen molar-refractivity contribution in [3.8, 4) is 0 Å². The molecule has 0 aromatic rings. The fourth-order valence-electron chi connectivity index (χ4n) is 2.06. The first-order valence-electron chi connectivity index (χ1n) is 5.77. The van der Waals surface area contributed by atoms with Gasteiger partial charge >= 0.3 is 0 Å². The van der Waals surface area contributed by atoms with Crippen molar-refractivity contribution < 1.29 is 9.47 Å². The summed E-state index contributed by atoms with van der Waals surface area (Å²) in [5.74, 6) is 0. The standard InChI is InChI=1S/C11H24N2O2/c1-10-8-13(9-11(2)12-10)4-5-15-7-6-14-3/h10-12H,4-9H2,1-3H3. The van der Waals surface area contributed by atoms with E-state index in [1.165, 1.54) is 0 Å². The molecular weight excluding hydrogens is 192 g/mol. The maximum Gasteiger partial charge on any atom is 0.0700 e. The molecule has 0 aromatic carbocycles. The first kappa shape index (κ1) is 12.9. The van der Waals surface area contributed by atoms with E-state index in [9.17, 15) is 0 Å². The molecule has 4 nitrogen and oxygen atoms in total. The zero-order chi connectivity index (χ0) is 11.1. The van der Waals surface area contributed by atoms with E-state index >= 15 is 0 Å². The summed E-state index contributed by atoms with van der Waals surface area (Å²) < 4.78 is 10.4. The summed E-state index contributed by atoms with van der Waals surface area (Å²) in [6.45, 7) is 9.93. The van der Waals surface area contributed by atoms with E-state index < -0.39 is 0 Å². The van der Waals surface area contributed by atoms with Crippen molar-refractivity contribution in [2.75, 3.05) is 46.6 Å². The van der Waals surface area contributed by atoms with Crippen LogP contribution in [0.2, 0.25) is 0 Å². The normalized spacial score (nSPS) is 28.2. The van der Waals surface area contributed by atoms with Crippen molar-refractivity contribution in [2.24, 2.45) is 0 Å². The van der Waals surface area contributed by atoms with Crippen molar-refractivity contribution in [2.45, 2.75) is 25.9 Å². The van der Waals surface area contributed by atoms with Gasteiger partial charge in [0.25, 0.3) is 0 Å². The Morgan fingerprint density at radius 1 is 1.13 bits per heavy atom. The molecule has 0 amide bonds. The first-order valence-corrected chi connectivity index (χ1v) is 5.77. The maximum atomic E-state index is 5.46. The monoisotopic (exact) mass is 216 g/mol. The van der Waals surface area contributed by atoms with Crippen LogP contribution in [0.3, 0.4) is 0 Å². The van der Waals surface area contributed by atoms with Crippen molar-refractivity contribution in [3.63, 3.8) is 0 Å². The molecule has 0 spiro atoms. The number of rotatable bonds is 6. The summed E-state index contributed by atoms with van der Waals surface area (Å²) in [5.41, 5.74) is 0. The molecule has 1 aliphatic heterocycles. The number of nitrogens with one attached hydrogen (secondary N) is 1. The Balaban J connectivity index is 2.04. The van der Waals surface area contributed by atoms with Gasteiger partial charge in [0.15, 0.2) is 0 Å². The second kappa shape index (κ2) is 7.17. The highest BCUT2D eigenvalue weighted by atomic mass is 16.5. The molecule has 1 saturated heterocycles. The van der Waals surface area contributed by atoms with Crippen LogP contribution in [0, 0.1) is 0 Å². The quantitative estimate of drug-likeness (QED) is 0.649. The van der Waals surface area contributed by atoms with E-state index in [4.69, 9.17) is 9.47 Å². The van der Waals surface area contributed by atoms with Crippen LogP contribution in [0.15, 0.2) is 0 Å². The lowest BCUT2D eigenvalue weighted by atomic mass is 10.1. The van der Waals surface area contributed by atoms with Crippen LogP contribution in [0.5, 0.6) is 0 Å². The van der Waals surface area contributed by atoms with E-state index in [0.717, 1.165) is 26.2 Å². The van der Waals surface area contributed by atoms with Gasteiger partial charge in [-0.25, -0.2) is 0 Å². The van der Waals surface area contributed by atoms with Gasteiger partial charge in [0.2, 0.25) is 0 Å². The third-order valence-corrected chi connectivity index (χ3v) is 2.62. The third-order valence-electron chi connectivity index (χ3n) is 2.62. The van der Waals surface area contributed by atoms with Gasteiger partial charge in [0, 0.05) is 38.8 Å². The maximum absolute atomic E-state index is 5.46. The van der Waals surface area contributed by atoms with Crippen LogP contribution in [0.4, 0.5) is 0 Å². The van der Waals surface area contributed by atoms with Crippen molar-refractivity contribution in [1.82, 2.24) is 10.2 Å². The lowest BCUT2D eigenvalue weighted by Crippen LogP contribution is -2.54. The minimum absolute atomic E-state index is 0.590. The highest BCUT2D eigenvalue weighted by Crippen LogP contribution is 2.03. The van der Waals surface area contributed by atoms with Gasteiger partial charge in [-0.2, -0.15) is 0 Å². The summed E-state index contributed by atoms with van der Waals surface area (Å²) >= 11 is 0. The Bertz CT molecular complexity index is 157. The Kier molecular flexibility index (Phi) is 6.17. The molecule has 1 fully saturated rings. The average molecular weight is 216 g/mol. The summed E-state index contributed by atoms with van der Waals surface area (Å²) in [5, 5.41) is 3.52. The van der Waals surface area contributed by atoms with Crippen LogP contribution in [-0.2, 0) is 9.47 Å². The zero-order valence-electron chi connectivity index (χ0n) is 10.2. The number of methoxy groups -OCH3 is 1. The van der Waals surface area contributed by atoms with Gasteiger partial charge in [-0.3, -0.25) is 4.90 Å². The second-order valence-electron chi connectivity index (χ2n) is 4.33. The molecule has 4 heteroatoms. The Labute approximate surface area is 92.9 Å². The van der Waals surface area contributed by atoms with Crippen LogP contribution in [-0.4, -0.2) is 63.5 Å². The molecule has 0 bridgehead atoms. The molecular formula is C11H24N2O2. The van der Waals surface area contributed by atoms with Crippen LogP contribution in [0.25, 0.3) is 0 Å². The molecule has 1 heterocycles. The van der Waals surface area contributed by atoms with E-state index in [2.05, 4.69) is 24.1 Å². The largest absolute Gasteiger partial charge is 0.382 e. The van der Waals surface area contributed by atoms with Crippen molar-refractivity contribution in [1.29, 1.82) is 0 Å². The van der Waals surface area contributed by atoms with Gasteiger partial charge in [0.1, 0.15) is 0 Å². The molecule has 2 atom stereocenters. The fourth-order valence-corrected chi connectivity index (χ4v) is 2.06. The molecule has 0 aromatic heterocycles. The summed E-state index contributed by atoms with van der Waals surface area (Å²) in [6, 6.07) is 1.18. The Hall–Kier alpha value is -0.160. The van der Waals surface area contributed by atoms with E-state index in [-0.39, 0.29) is 0 Å². The van der Waals surface area contributed by atoms with Gasteiger partial charge < -0.3 is 14.8 Å². The third kappa shape index (κ3) is 5.47. The van der Waals surface area contributed by atoms with Crippen LogP contribution < -0.4 is 5.32 Å².